The van der Waals surface area contributed by atoms with Crippen molar-refractivity contribution in [3.8, 4) is 11.1 Å². The molecular formula is C23H29F3N2O4S. The molecule has 2 N–H and O–H groups in total. The molecule has 33 heavy (non-hydrogen) atoms. The summed E-state index contributed by atoms with van der Waals surface area (Å²) in [5, 5.41) is 10.2. The van der Waals surface area contributed by atoms with E-state index in [4.69, 9.17) is 0 Å². The lowest BCUT2D eigenvalue weighted by Gasteiger charge is -2.32. The smallest absolute Gasteiger partial charge is 0.254 e. The minimum atomic E-state index is -3.62. The summed E-state index contributed by atoms with van der Waals surface area (Å²) >= 11 is 0. The van der Waals surface area contributed by atoms with Gasteiger partial charge in [-0.1, -0.05) is 25.6 Å². The number of aliphatic hydroxyl groups is 1. The molecule has 6 nitrogen and oxygen atoms in total. The molecule has 0 aromatic heterocycles. The fourth-order valence-electron chi connectivity index (χ4n) is 4.02. The minimum absolute atomic E-state index is 0. The number of carbonyl (C=O) groups excluding carboxylic acids is 1. The first-order valence-electron chi connectivity index (χ1n) is 10.0. The van der Waals surface area contributed by atoms with Gasteiger partial charge in [-0.05, 0) is 49.9 Å². The lowest BCUT2D eigenvalue weighted by atomic mass is 9.95. The van der Waals surface area contributed by atoms with E-state index < -0.39 is 51.1 Å². The van der Waals surface area contributed by atoms with Crippen molar-refractivity contribution < 1.29 is 31.5 Å². The molecule has 0 radical (unpaired) electrons. The van der Waals surface area contributed by atoms with Crippen LogP contribution >= 0.6 is 0 Å². The van der Waals surface area contributed by atoms with Crippen LogP contribution in [0.5, 0.6) is 0 Å². The Labute approximate surface area is 192 Å². The number of halogens is 3. The van der Waals surface area contributed by atoms with Gasteiger partial charge in [0.25, 0.3) is 5.91 Å². The molecular weight excluding hydrogens is 457 g/mol. The van der Waals surface area contributed by atoms with Crippen LogP contribution in [0.3, 0.4) is 0 Å². The highest BCUT2D eigenvalue weighted by molar-refractivity contribution is 7.88. The Balaban J connectivity index is 0.00000385. The molecule has 2 unspecified atom stereocenters. The number of sulfonamides is 1. The molecule has 3 rings (SSSR count). The summed E-state index contributed by atoms with van der Waals surface area (Å²) in [6, 6.07) is 5.63. The number of likely N-dealkylation sites (tertiary alicyclic amines) is 1. The second kappa shape index (κ2) is 9.82. The topological polar surface area (TPSA) is 86.7 Å². The average molecular weight is 487 g/mol. The van der Waals surface area contributed by atoms with E-state index in [1.165, 1.54) is 36.9 Å². The normalized spacial score (nSPS) is 18.8. The van der Waals surface area contributed by atoms with Crippen LogP contribution in [0, 0.1) is 17.5 Å². The molecule has 1 aliphatic heterocycles. The molecule has 0 bridgehead atoms. The van der Waals surface area contributed by atoms with Gasteiger partial charge < -0.3 is 10.0 Å². The van der Waals surface area contributed by atoms with E-state index in [1.807, 2.05) is 0 Å². The van der Waals surface area contributed by atoms with E-state index >= 15 is 4.39 Å². The Kier molecular flexibility index (Phi) is 7.98. The van der Waals surface area contributed by atoms with Crippen LogP contribution in [0.25, 0.3) is 11.1 Å². The first kappa shape index (κ1) is 26.8. The molecule has 0 spiro atoms. The first-order chi connectivity index (χ1) is 14.8. The zero-order chi connectivity index (χ0) is 23.8. The Bertz CT molecular complexity index is 1110. The molecule has 10 heteroatoms. The van der Waals surface area contributed by atoms with Crippen LogP contribution in [0.4, 0.5) is 13.2 Å². The van der Waals surface area contributed by atoms with Crippen molar-refractivity contribution in [3.05, 3.63) is 59.4 Å². The zero-order valence-electron chi connectivity index (χ0n) is 17.9. The highest BCUT2D eigenvalue weighted by Crippen LogP contribution is 2.30. The predicted octanol–water partition coefficient (Wildman–Crippen LogP) is 3.24. The largest absolute Gasteiger partial charge is 0.381 e. The molecule has 2 atom stereocenters. The van der Waals surface area contributed by atoms with Gasteiger partial charge in [0, 0.05) is 24.2 Å². The standard InChI is InChI=1S/C22H25F3N2O4S.CH4/c1-22(2,29)21(28)27-8-7-18(26-32(3,30)31)19(27)11-13-5-4-6-17(20(13)25)14-9-15(23)12-16(24)10-14;/h4-6,9-10,12,18-19,26,29H,7-8,11H2,1-3H3;1H4. The fraction of sp³-hybridized carbons (Fsp3) is 0.435. The quantitative estimate of drug-likeness (QED) is 0.657. The molecule has 2 aromatic carbocycles. The molecule has 1 amide bonds. The maximum absolute atomic E-state index is 15.4. The van der Waals surface area contributed by atoms with Crippen molar-refractivity contribution in [2.24, 2.45) is 0 Å². The summed E-state index contributed by atoms with van der Waals surface area (Å²) in [6.07, 6.45) is 1.21. The summed E-state index contributed by atoms with van der Waals surface area (Å²) in [5.74, 6) is -3.03. The van der Waals surface area contributed by atoms with E-state index in [0.29, 0.717) is 6.07 Å². The van der Waals surface area contributed by atoms with Crippen molar-refractivity contribution >= 4 is 15.9 Å². The number of rotatable bonds is 6. The Morgan fingerprint density at radius 3 is 2.33 bits per heavy atom. The van der Waals surface area contributed by atoms with Crippen molar-refractivity contribution in [1.29, 1.82) is 0 Å². The maximum atomic E-state index is 15.4. The van der Waals surface area contributed by atoms with Gasteiger partial charge in [-0.15, -0.1) is 0 Å². The molecule has 182 valence electrons. The lowest BCUT2D eigenvalue weighted by molar-refractivity contribution is -0.148. The van der Waals surface area contributed by atoms with Crippen LogP contribution in [-0.2, 0) is 21.2 Å². The van der Waals surface area contributed by atoms with Crippen LogP contribution in [0.1, 0.15) is 33.3 Å². The minimum Gasteiger partial charge on any atom is -0.381 e. The predicted molar refractivity (Wildman–Crippen MR) is 120 cm³/mol. The molecule has 1 saturated heterocycles. The van der Waals surface area contributed by atoms with Crippen molar-refractivity contribution in [2.75, 3.05) is 12.8 Å². The maximum Gasteiger partial charge on any atom is 0.254 e. The van der Waals surface area contributed by atoms with Gasteiger partial charge in [-0.2, -0.15) is 0 Å². The highest BCUT2D eigenvalue weighted by Gasteiger charge is 2.42. The SMILES string of the molecule is C.CC(C)(O)C(=O)N1CCC(NS(C)(=O)=O)C1Cc1cccc(-c2cc(F)cc(F)c2)c1F. The molecule has 2 aromatic rings. The Morgan fingerprint density at radius 2 is 1.79 bits per heavy atom. The molecule has 0 saturated carbocycles. The third kappa shape index (κ3) is 6.33. The van der Waals surface area contributed by atoms with Crippen molar-refractivity contribution in [1.82, 2.24) is 9.62 Å². The van der Waals surface area contributed by atoms with Crippen LogP contribution in [0.15, 0.2) is 36.4 Å². The Hall–Kier alpha value is -2.43. The second-order valence-corrected chi connectivity index (χ2v) is 10.3. The van der Waals surface area contributed by atoms with E-state index in [2.05, 4.69) is 4.72 Å². The summed E-state index contributed by atoms with van der Waals surface area (Å²) in [7, 11) is -3.62. The van der Waals surface area contributed by atoms with E-state index in [-0.39, 0.29) is 43.5 Å². The average Bonchev–Trinajstić information content (AvgIpc) is 3.01. The van der Waals surface area contributed by atoms with Gasteiger partial charge in [0.15, 0.2) is 0 Å². The van der Waals surface area contributed by atoms with Gasteiger partial charge in [-0.3, -0.25) is 4.79 Å². The number of hydrogen-bond donors (Lipinski definition) is 2. The number of hydrogen-bond acceptors (Lipinski definition) is 4. The summed E-state index contributed by atoms with van der Waals surface area (Å²) in [5.41, 5.74) is -1.55. The van der Waals surface area contributed by atoms with Gasteiger partial charge in [0.1, 0.15) is 23.1 Å². The van der Waals surface area contributed by atoms with Gasteiger partial charge in [0.05, 0.1) is 12.3 Å². The summed E-state index contributed by atoms with van der Waals surface area (Å²) in [4.78, 5) is 14.1. The third-order valence-corrected chi connectivity index (χ3v) is 6.11. The molecule has 1 heterocycles. The van der Waals surface area contributed by atoms with E-state index in [1.54, 1.807) is 0 Å². The molecule has 1 aliphatic rings. The number of nitrogens with one attached hydrogen (secondary N) is 1. The van der Waals surface area contributed by atoms with Gasteiger partial charge >= 0.3 is 0 Å². The van der Waals surface area contributed by atoms with Crippen LogP contribution in [0.2, 0.25) is 0 Å². The Morgan fingerprint density at radius 1 is 1.18 bits per heavy atom. The van der Waals surface area contributed by atoms with Crippen LogP contribution < -0.4 is 4.72 Å². The van der Waals surface area contributed by atoms with E-state index in [9.17, 15) is 27.1 Å². The summed E-state index contributed by atoms with van der Waals surface area (Å²) in [6.45, 7) is 2.82. The molecule has 0 aliphatic carbocycles. The summed E-state index contributed by atoms with van der Waals surface area (Å²) < 4.78 is 68.8. The fourth-order valence-corrected chi connectivity index (χ4v) is 4.84. The zero-order valence-corrected chi connectivity index (χ0v) is 18.7. The third-order valence-electron chi connectivity index (χ3n) is 5.38. The number of nitrogens with zero attached hydrogens (tertiary/aromatic N) is 1. The number of carbonyl (C=O) groups is 1. The highest BCUT2D eigenvalue weighted by atomic mass is 32.2. The first-order valence-corrected chi connectivity index (χ1v) is 11.9. The van der Waals surface area contributed by atoms with Crippen LogP contribution in [-0.4, -0.2) is 54.8 Å². The second-order valence-electron chi connectivity index (χ2n) is 8.55. The lowest BCUT2D eigenvalue weighted by Crippen LogP contribution is -2.52. The number of benzene rings is 2. The van der Waals surface area contributed by atoms with Crippen molar-refractivity contribution in [3.63, 3.8) is 0 Å². The van der Waals surface area contributed by atoms with E-state index in [0.717, 1.165) is 18.4 Å². The van der Waals surface area contributed by atoms with Gasteiger partial charge in [0.2, 0.25) is 10.0 Å². The number of amides is 1. The van der Waals surface area contributed by atoms with Gasteiger partial charge in [-0.25, -0.2) is 26.3 Å². The van der Waals surface area contributed by atoms with Crippen molar-refractivity contribution in [2.45, 2.75) is 51.8 Å². The molecule has 1 fully saturated rings. The monoisotopic (exact) mass is 486 g/mol.